The largest absolute Gasteiger partial charge is 0.495 e. The average molecular weight is 282 g/mol. The molecule has 0 fully saturated rings. The zero-order valence-corrected chi connectivity index (χ0v) is 11.7. The molecule has 4 nitrogen and oxygen atoms in total. The van der Waals surface area contributed by atoms with Gasteiger partial charge in [0.05, 0.1) is 18.9 Å². The van der Waals surface area contributed by atoms with Gasteiger partial charge in [0.25, 0.3) is 0 Å². The second-order valence-corrected chi connectivity index (χ2v) is 4.80. The summed E-state index contributed by atoms with van der Waals surface area (Å²) in [4.78, 5) is 11.4. The Morgan fingerprint density at radius 2 is 1.95 bits per heavy atom. The van der Waals surface area contributed by atoms with E-state index in [1.54, 1.807) is 14.0 Å². The molecule has 3 rings (SSSR count). The number of carboxylic acid groups (broad SMARTS) is 1. The van der Waals surface area contributed by atoms with Crippen molar-refractivity contribution in [3.63, 3.8) is 0 Å². The maximum Gasteiger partial charge on any atom is 0.339 e. The van der Waals surface area contributed by atoms with Gasteiger partial charge in [-0.3, -0.25) is 0 Å². The van der Waals surface area contributed by atoms with Gasteiger partial charge in [0, 0.05) is 10.9 Å². The molecule has 0 saturated carbocycles. The number of benzene rings is 2. The van der Waals surface area contributed by atoms with Crippen LogP contribution in [0.3, 0.4) is 0 Å². The molecule has 4 heteroatoms. The number of ether oxygens (including phenoxy) is 1. The summed E-state index contributed by atoms with van der Waals surface area (Å²) < 4.78 is 11.0. The number of carboxylic acids is 1. The lowest BCUT2D eigenvalue weighted by molar-refractivity contribution is 0.0696. The van der Waals surface area contributed by atoms with Crippen molar-refractivity contribution in [2.24, 2.45) is 0 Å². The van der Waals surface area contributed by atoms with Gasteiger partial charge >= 0.3 is 5.97 Å². The Labute approximate surface area is 121 Å². The molecule has 0 atom stereocenters. The van der Waals surface area contributed by atoms with Gasteiger partial charge in [0.2, 0.25) is 0 Å². The van der Waals surface area contributed by atoms with Gasteiger partial charge in [-0.15, -0.1) is 0 Å². The topological polar surface area (TPSA) is 59.7 Å². The van der Waals surface area contributed by atoms with Gasteiger partial charge in [-0.05, 0) is 18.4 Å². The minimum atomic E-state index is -1.01. The number of rotatable bonds is 3. The van der Waals surface area contributed by atoms with Crippen LogP contribution in [0.15, 0.2) is 47.1 Å². The molecule has 1 aromatic heterocycles. The summed E-state index contributed by atoms with van der Waals surface area (Å²) in [7, 11) is 1.57. The molecule has 2 aromatic carbocycles. The monoisotopic (exact) mass is 282 g/mol. The fourth-order valence-corrected chi connectivity index (χ4v) is 2.55. The standard InChI is InChI=1S/C17H14O4/c1-10-9-21-16(14(10)17(18)19)13-8-7-11-5-3-4-6-12(11)15(13)20-2/h3-9H,1-2H3,(H,18,19). The van der Waals surface area contributed by atoms with Crippen LogP contribution in [0.2, 0.25) is 0 Å². The van der Waals surface area contributed by atoms with Crippen LogP contribution >= 0.6 is 0 Å². The molecule has 0 amide bonds. The third-order valence-electron chi connectivity index (χ3n) is 3.52. The Kier molecular flexibility index (Phi) is 3.14. The smallest absolute Gasteiger partial charge is 0.339 e. The molecule has 0 aliphatic rings. The van der Waals surface area contributed by atoms with E-state index in [0.29, 0.717) is 22.6 Å². The number of hydrogen-bond acceptors (Lipinski definition) is 3. The SMILES string of the molecule is COc1c(-c2occ(C)c2C(=O)O)ccc2ccccc12. The molecular formula is C17H14O4. The van der Waals surface area contributed by atoms with Gasteiger partial charge in [0.1, 0.15) is 11.3 Å². The second kappa shape index (κ2) is 4.98. The molecule has 106 valence electrons. The maximum atomic E-state index is 11.4. The Balaban J connectivity index is 2.33. The van der Waals surface area contributed by atoms with Crippen molar-refractivity contribution >= 4 is 16.7 Å². The Morgan fingerprint density at radius 1 is 1.19 bits per heavy atom. The van der Waals surface area contributed by atoms with E-state index in [4.69, 9.17) is 9.15 Å². The summed E-state index contributed by atoms with van der Waals surface area (Å²) in [6, 6.07) is 11.5. The number of aromatic carboxylic acids is 1. The summed E-state index contributed by atoms with van der Waals surface area (Å²) in [6.45, 7) is 1.71. The predicted octanol–water partition coefficient (Wildman–Crippen LogP) is 4.12. The van der Waals surface area contributed by atoms with Crippen LogP contribution < -0.4 is 4.74 Å². The number of hydrogen-bond donors (Lipinski definition) is 1. The average Bonchev–Trinajstić information content (AvgIpc) is 2.87. The molecule has 3 aromatic rings. The predicted molar refractivity (Wildman–Crippen MR) is 79.9 cm³/mol. The van der Waals surface area contributed by atoms with Gasteiger partial charge in [-0.2, -0.15) is 0 Å². The second-order valence-electron chi connectivity index (χ2n) is 4.80. The van der Waals surface area contributed by atoms with E-state index in [1.807, 2.05) is 36.4 Å². The minimum Gasteiger partial charge on any atom is -0.495 e. The number of fused-ring (bicyclic) bond motifs is 1. The quantitative estimate of drug-likeness (QED) is 0.785. The number of aryl methyl sites for hydroxylation is 1. The highest BCUT2D eigenvalue weighted by molar-refractivity contribution is 6.00. The fraction of sp³-hybridized carbons (Fsp3) is 0.118. The Morgan fingerprint density at radius 3 is 2.67 bits per heavy atom. The summed E-state index contributed by atoms with van der Waals surface area (Å²) in [5.74, 6) is -0.0704. The molecule has 1 N–H and O–H groups in total. The molecule has 0 spiro atoms. The first-order chi connectivity index (χ1) is 10.1. The number of methoxy groups -OCH3 is 1. The minimum absolute atomic E-state index is 0.170. The molecule has 0 radical (unpaired) electrons. The van der Waals surface area contributed by atoms with E-state index in [1.165, 1.54) is 6.26 Å². The fourth-order valence-electron chi connectivity index (χ4n) is 2.55. The maximum absolute atomic E-state index is 11.4. The van der Waals surface area contributed by atoms with Gasteiger partial charge < -0.3 is 14.3 Å². The molecule has 0 aliphatic carbocycles. The van der Waals surface area contributed by atoms with Crippen LogP contribution in [0.25, 0.3) is 22.1 Å². The zero-order chi connectivity index (χ0) is 15.0. The van der Waals surface area contributed by atoms with Crippen molar-refractivity contribution in [1.82, 2.24) is 0 Å². The van der Waals surface area contributed by atoms with Crippen molar-refractivity contribution in [3.05, 3.63) is 53.8 Å². The van der Waals surface area contributed by atoms with Crippen molar-refractivity contribution in [3.8, 4) is 17.1 Å². The van der Waals surface area contributed by atoms with Gasteiger partial charge in [-0.1, -0.05) is 30.3 Å². The molecule has 0 unspecified atom stereocenters. The van der Waals surface area contributed by atoms with E-state index < -0.39 is 5.97 Å². The molecule has 0 aliphatic heterocycles. The first-order valence-electron chi connectivity index (χ1n) is 6.51. The third-order valence-corrected chi connectivity index (χ3v) is 3.52. The molecule has 21 heavy (non-hydrogen) atoms. The van der Waals surface area contributed by atoms with E-state index in [9.17, 15) is 9.90 Å². The lowest BCUT2D eigenvalue weighted by atomic mass is 10.0. The van der Waals surface area contributed by atoms with E-state index >= 15 is 0 Å². The first kappa shape index (κ1) is 13.2. The molecular weight excluding hydrogens is 268 g/mol. The summed E-state index contributed by atoms with van der Waals surface area (Å²) in [6.07, 6.45) is 1.45. The van der Waals surface area contributed by atoms with Crippen LogP contribution in [0, 0.1) is 6.92 Å². The normalized spacial score (nSPS) is 10.8. The highest BCUT2D eigenvalue weighted by Gasteiger charge is 2.22. The van der Waals surface area contributed by atoms with Crippen molar-refractivity contribution in [2.75, 3.05) is 7.11 Å². The van der Waals surface area contributed by atoms with Crippen LogP contribution in [-0.2, 0) is 0 Å². The molecule has 0 saturated heterocycles. The first-order valence-corrected chi connectivity index (χ1v) is 6.51. The Hall–Kier alpha value is -2.75. The zero-order valence-electron chi connectivity index (χ0n) is 11.7. The lowest BCUT2D eigenvalue weighted by Gasteiger charge is -2.11. The summed E-state index contributed by atoms with van der Waals surface area (Å²) >= 11 is 0. The summed E-state index contributed by atoms with van der Waals surface area (Å²) in [5.41, 5.74) is 1.40. The molecule has 0 bridgehead atoms. The van der Waals surface area contributed by atoms with Crippen LogP contribution in [0.5, 0.6) is 5.75 Å². The van der Waals surface area contributed by atoms with E-state index in [-0.39, 0.29) is 5.56 Å². The van der Waals surface area contributed by atoms with Gasteiger partial charge in [-0.25, -0.2) is 4.79 Å². The highest BCUT2D eigenvalue weighted by atomic mass is 16.5. The third kappa shape index (κ3) is 2.05. The Bertz CT molecular complexity index is 830. The van der Waals surface area contributed by atoms with E-state index in [2.05, 4.69) is 0 Å². The van der Waals surface area contributed by atoms with Crippen molar-refractivity contribution in [2.45, 2.75) is 6.92 Å². The van der Waals surface area contributed by atoms with E-state index in [0.717, 1.165) is 10.8 Å². The number of carbonyl (C=O) groups is 1. The van der Waals surface area contributed by atoms with Crippen LogP contribution in [0.1, 0.15) is 15.9 Å². The highest BCUT2D eigenvalue weighted by Crippen LogP contribution is 2.39. The number of furan rings is 1. The van der Waals surface area contributed by atoms with Crippen LogP contribution in [-0.4, -0.2) is 18.2 Å². The van der Waals surface area contributed by atoms with Crippen molar-refractivity contribution in [1.29, 1.82) is 0 Å². The van der Waals surface area contributed by atoms with Gasteiger partial charge in [0.15, 0.2) is 5.76 Å². The summed E-state index contributed by atoms with van der Waals surface area (Å²) in [5, 5.41) is 11.3. The van der Waals surface area contributed by atoms with Crippen LogP contribution in [0.4, 0.5) is 0 Å². The van der Waals surface area contributed by atoms with Crippen molar-refractivity contribution < 1.29 is 19.1 Å². The lowest BCUT2D eigenvalue weighted by Crippen LogP contribution is -1.99. The molecule has 1 heterocycles.